The predicted octanol–water partition coefficient (Wildman–Crippen LogP) is 2.42. The fraction of sp³-hybridized carbons (Fsp3) is 0.533. The van der Waals surface area contributed by atoms with Crippen LogP contribution in [0, 0.1) is 0 Å². The largest absolute Gasteiger partial charge is 0.460 e. The van der Waals surface area contributed by atoms with E-state index >= 15 is 0 Å². The third-order valence-corrected chi connectivity index (χ3v) is 4.24. The summed E-state index contributed by atoms with van der Waals surface area (Å²) < 4.78 is 19.0. The van der Waals surface area contributed by atoms with Gasteiger partial charge in [-0.25, -0.2) is 9.18 Å². The van der Waals surface area contributed by atoms with Crippen molar-refractivity contribution >= 4 is 5.97 Å². The van der Waals surface area contributed by atoms with E-state index in [1.54, 1.807) is 12.1 Å². The molecule has 0 aromatic heterocycles. The number of esters is 1. The number of hydrogen-bond donors (Lipinski definition) is 0. The average Bonchev–Trinajstić information content (AvgIpc) is 2.93. The van der Waals surface area contributed by atoms with Crippen LogP contribution in [0.2, 0.25) is 0 Å². The number of halogens is 1. The molecule has 3 rings (SSSR count). The summed E-state index contributed by atoms with van der Waals surface area (Å²) in [5.41, 5.74) is 0.308. The van der Waals surface area contributed by atoms with Gasteiger partial charge in [0, 0.05) is 13.0 Å². The van der Waals surface area contributed by atoms with Gasteiger partial charge in [-0.15, -0.1) is 0 Å². The van der Waals surface area contributed by atoms with Crippen LogP contribution >= 0.6 is 0 Å². The first-order valence-electron chi connectivity index (χ1n) is 6.81. The van der Waals surface area contributed by atoms with Gasteiger partial charge in [0.15, 0.2) is 0 Å². The van der Waals surface area contributed by atoms with Gasteiger partial charge in [0.05, 0.1) is 11.1 Å². The SMILES string of the molecule is O=C(OC[C@@]12CCCN1C[C@@H](F)C2)c1ccccc1. The number of fused-ring (bicyclic) bond motifs is 1. The van der Waals surface area contributed by atoms with Gasteiger partial charge in [-0.2, -0.15) is 0 Å². The van der Waals surface area contributed by atoms with Crippen molar-refractivity contribution in [1.82, 2.24) is 4.90 Å². The Morgan fingerprint density at radius 2 is 2.21 bits per heavy atom. The Hall–Kier alpha value is -1.42. The standard InChI is InChI=1S/C15H18FNO2/c16-13-9-15(7-4-8-17(15)10-13)11-19-14(18)12-5-2-1-3-6-12/h1-3,5-6,13H,4,7-11H2/t13-,15-/m0/s1. The number of rotatable bonds is 3. The lowest BCUT2D eigenvalue weighted by Gasteiger charge is -2.30. The van der Waals surface area contributed by atoms with E-state index in [9.17, 15) is 9.18 Å². The van der Waals surface area contributed by atoms with E-state index in [2.05, 4.69) is 4.90 Å². The van der Waals surface area contributed by atoms with Crippen LogP contribution in [-0.4, -0.2) is 42.3 Å². The summed E-state index contributed by atoms with van der Waals surface area (Å²) in [5, 5.41) is 0. The summed E-state index contributed by atoms with van der Waals surface area (Å²) in [6.07, 6.45) is 1.70. The highest BCUT2D eigenvalue weighted by Gasteiger charge is 2.49. The smallest absolute Gasteiger partial charge is 0.338 e. The van der Waals surface area contributed by atoms with Gasteiger partial charge in [-0.1, -0.05) is 18.2 Å². The van der Waals surface area contributed by atoms with Crippen LogP contribution in [0.4, 0.5) is 4.39 Å². The Bertz CT molecular complexity index is 464. The van der Waals surface area contributed by atoms with Crippen LogP contribution in [0.5, 0.6) is 0 Å². The molecular formula is C15H18FNO2. The predicted molar refractivity (Wildman–Crippen MR) is 69.8 cm³/mol. The van der Waals surface area contributed by atoms with Crippen LogP contribution in [0.15, 0.2) is 30.3 Å². The number of hydrogen-bond acceptors (Lipinski definition) is 3. The first kappa shape index (κ1) is 12.6. The third kappa shape index (κ3) is 2.37. The molecule has 1 aromatic carbocycles. The highest BCUT2D eigenvalue weighted by molar-refractivity contribution is 5.89. The summed E-state index contributed by atoms with van der Waals surface area (Å²) in [5.74, 6) is -0.316. The number of nitrogens with zero attached hydrogens (tertiary/aromatic N) is 1. The van der Waals surface area contributed by atoms with Gasteiger partial charge in [0.25, 0.3) is 0 Å². The lowest BCUT2D eigenvalue weighted by Crippen LogP contribution is -2.43. The van der Waals surface area contributed by atoms with Gasteiger partial charge in [0.2, 0.25) is 0 Å². The summed E-state index contributed by atoms with van der Waals surface area (Å²) >= 11 is 0. The van der Waals surface area contributed by atoms with Crippen LogP contribution in [0.3, 0.4) is 0 Å². The Morgan fingerprint density at radius 1 is 1.42 bits per heavy atom. The van der Waals surface area contributed by atoms with Crippen molar-refractivity contribution in [3.05, 3.63) is 35.9 Å². The van der Waals surface area contributed by atoms with Crippen molar-refractivity contribution in [2.45, 2.75) is 31.0 Å². The second-order valence-electron chi connectivity index (χ2n) is 5.52. The van der Waals surface area contributed by atoms with Crippen molar-refractivity contribution in [2.75, 3.05) is 19.7 Å². The number of carbonyl (C=O) groups excluding carboxylic acids is 1. The lowest BCUT2D eigenvalue weighted by molar-refractivity contribution is 0.0248. The van der Waals surface area contributed by atoms with E-state index < -0.39 is 6.17 Å². The number of ether oxygens (including phenoxy) is 1. The molecular weight excluding hydrogens is 245 g/mol. The third-order valence-electron chi connectivity index (χ3n) is 4.24. The number of carbonyl (C=O) groups is 1. The Labute approximate surface area is 112 Å². The minimum Gasteiger partial charge on any atom is -0.460 e. The molecule has 0 N–H and O–H groups in total. The van der Waals surface area contributed by atoms with Crippen molar-refractivity contribution < 1.29 is 13.9 Å². The van der Waals surface area contributed by atoms with E-state index in [1.807, 2.05) is 18.2 Å². The van der Waals surface area contributed by atoms with Gasteiger partial charge < -0.3 is 4.74 Å². The fourth-order valence-corrected chi connectivity index (χ4v) is 3.31. The van der Waals surface area contributed by atoms with E-state index in [0.717, 1.165) is 19.4 Å². The highest BCUT2D eigenvalue weighted by Crippen LogP contribution is 2.40. The molecule has 0 bridgehead atoms. The number of benzene rings is 1. The molecule has 0 unspecified atom stereocenters. The minimum atomic E-state index is -0.782. The average molecular weight is 263 g/mol. The van der Waals surface area contributed by atoms with Gasteiger partial charge in [-0.05, 0) is 31.5 Å². The van der Waals surface area contributed by atoms with Gasteiger partial charge in [-0.3, -0.25) is 4.90 Å². The molecule has 2 fully saturated rings. The molecule has 0 aliphatic carbocycles. The second kappa shape index (κ2) is 4.93. The molecule has 0 saturated carbocycles. The molecule has 0 spiro atoms. The zero-order valence-electron chi connectivity index (χ0n) is 10.8. The minimum absolute atomic E-state index is 0.246. The maximum atomic E-state index is 13.6. The summed E-state index contributed by atoms with van der Waals surface area (Å²) in [7, 11) is 0. The Balaban J connectivity index is 1.64. The van der Waals surface area contributed by atoms with Crippen molar-refractivity contribution in [2.24, 2.45) is 0 Å². The van der Waals surface area contributed by atoms with Crippen LogP contribution in [0.25, 0.3) is 0 Å². The molecule has 19 heavy (non-hydrogen) atoms. The molecule has 3 nitrogen and oxygen atoms in total. The lowest BCUT2D eigenvalue weighted by atomic mass is 9.95. The first-order valence-corrected chi connectivity index (χ1v) is 6.81. The van der Waals surface area contributed by atoms with E-state index in [0.29, 0.717) is 25.1 Å². The molecule has 2 aliphatic heterocycles. The zero-order chi connectivity index (χ0) is 13.3. The summed E-state index contributed by atoms with van der Waals surface area (Å²) in [6.45, 7) is 1.72. The first-order chi connectivity index (χ1) is 9.20. The Morgan fingerprint density at radius 3 is 3.00 bits per heavy atom. The van der Waals surface area contributed by atoms with Crippen molar-refractivity contribution in [3.63, 3.8) is 0 Å². The van der Waals surface area contributed by atoms with E-state index in [4.69, 9.17) is 4.74 Å². The maximum absolute atomic E-state index is 13.6. The monoisotopic (exact) mass is 263 g/mol. The van der Waals surface area contributed by atoms with E-state index in [-0.39, 0.29) is 11.5 Å². The quantitative estimate of drug-likeness (QED) is 0.784. The number of alkyl halides is 1. The summed E-state index contributed by atoms with van der Waals surface area (Å²) in [6, 6.07) is 8.95. The molecule has 102 valence electrons. The molecule has 0 radical (unpaired) electrons. The molecule has 2 heterocycles. The summed E-state index contributed by atoms with van der Waals surface area (Å²) in [4.78, 5) is 14.1. The van der Waals surface area contributed by atoms with Crippen molar-refractivity contribution in [1.29, 1.82) is 0 Å². The topological polar surface area (TPSA) is 29.5 Å². The van der Waals surface area contributed by atoms with Gasteiger partial charge >= 0.3 is 5.97 Å². The second-order valence-corrected chi connectivity index (χ2v) is 5.52. The molecule has 2 saturated heterocycles. The van der Waals surface area contributed by atoms with Crippen LogP contribution in [0.1, 0.15) is 29.6 Å². The fourth-order valence-electron chi connectivity index (χ4n) is 3.31. The molecule has 0 amide bonds. The van der Waals surface area contributed by atoms with E-state index in [1.165, 1.54) is 0 Å². The molecule has 2 atom stereocenters. The van der Waals surface area contributed by atoms with Gasteiger partial charge in [0.1, 0.15) is 12.8 Å². The van der Waals surface area contributed by atoms with Crippen LogP contribution < -0.4 is 0 Å². The molecule has 4 heteroatoms. The molecule has 1 aromatic rings. The highest BCUT2D eigenvalue weighted by atomic mass is 19.1. The van der Waals surface area contributed by atoms with Crippen molar-refractivity contribution in [3.8, 4) is 0 Å². The molecule has 2 aliphatic rings. The maximum Gasteiger partial charge on any atom is 0.338 e. The zero-order valence-corrected chi connectivity index (χ0v) is 10.8. The normalized spacial score (nSPS) is 30.3. The van der Waals surface area contributed by atoms with Crippen LogP contribution in [-0.2, 0) is 4.74 Å². The Kier molecular flexibility index (Phi) is 3.27.